The monoisotopic (exact) mass is 416 g/mol. The summed E-state index contributed by atoms with van der Waals surface area (Å²) in [6.07, 6.45) is 1.61. The molecule has 1 saturated heterocycles. The lowest BCUT2D eigenvalue weighted by atomic mass is 10.00. The maximum absolute atomic E-state index is 13.3. The fraction of sp³-hybridized carbons (Fsp3) is 0.125. The number of benzene rings is 3. The van der Waals surface area contributed by atoms with E-state index in [4.69, 9.17) is 17.0 Å². The maximum Gasteiger partial charge on any atom is 0.270 e. The first-order valence-corrected chi connectivity index (χ1v) is 10.0. The maximum atomic E-state index is 13.3. The van der Waals surface area contributed by atoms with Gasteiger partial charge in [-0.05, 0) is 60.8 Å². The Kier molecular flexibility index (Phi) is 5.33. The average Bonchev–Trinajstić information content (AvgIpc) is 2.74. The number of fused-ring (bicyclic) bond motifs is 1. The van der Waals surface area contributed by atoms with Gasteiger partial charge >= 0.3 is 0 Å². The van der Waals surface area contributed by atoms with Crippen LogP contribution in [-0.4, -0.2) is 23.5 Å². The highest BCUT2D eigenvalue weighted by molar-refractivity contribution is 7.80. The van der Waals surface area contributed by atoms with Crippen LogP contribution in [0.15, 0.2) is 66.2 Å². The van der Waals surface area contributed by atoms with E-state index in [2.05, 4.69) is 5.32 Å². The second-order valence-corrected chi connectivity index (χ2v) is 7.26. The van der Waals surface area contributed by atoms with Gasteiger partial charge in [-0.3, -0.25) is 19.8 Å². The van der Waals surface area contributed by atoms with Crippen LogP contribution in [0.25, 0.3) is 16.8 Å². The minimum Gasteiger partial charge on any atom is -0.493 e. The minimum atomic E-state index is -0.507. The number of hydrogen-bond donors (Lipinski definition) is 1. The Hall–Kier alpha value is -3.51. The van der Waals surface area contributed by atoms with Gasteiger partial charge in [-0.15, -0.1) is 0 Å². The normalized spacial score (nSPS) is 15.6. The molecule has 6 heteroatoms. The molecule has 0 aromatic heterocycles. The summed E-state index contributed by atoms with van der Waals surface area (Å²) >= 11 is 5.29. The molecule has 0 bridgehead atoms. The van der Waals surface area contributed by atoms with Crippen molar-refractivity contribution < 1.29 is 14.3 Å². The first kappa shape index (κ1) is 19.8. The van der Waals surface area contributed by atoms with Crippen molar-refractivity contribution >= 4 is 51.7 Å². The van der Waals surface area contributed by atoms with Gasteiger partial charge in [0.15, 0.2) is 5.11 Å². The number of para-hydroxylation sites is 1. The van der Waals surface area contributed by atoms with E-state index in [9.17, 15) is 9.59 Å². The molecule has 0 radical (unpaired) electrons. The van der Waals surface area contributed by atoms with Crippen LogP contribution >= 0.6 is 12.2 Å². The molecule has 3 aromatic rings. The quantitative estimate of drug-likeness (QED) is 0.390. The lowest BCUT2D eigenvalue weighted by molar-refractivity contribution is -0.122. The van der Waals surface area contributed by atoms with Crippen LogP contribution in [0.1, 0.15) is 18.1 Å². The molecular formula is C24H20N2O3S. The smallest absolute Gasteiger partial charge is 0.270 e. The Balaban J connectivity index is 1.83. The van der Waals surface area contributed by atoms with Crippen molar-refractivity contribution in [1.82, 2.24) is 5.32 Å². The molecule has 0 spiro atoms. The van der Waals surface area contributed by atoms with Gasteiger partial charge in [0, 0.05) is 5.39 Å². The Morgan fingerprint density at radius 3 is 2.43 bits per heavy atom. The minimum absolute atomic E-state index is 0.0289. The fourth-order valence-corrected chi connectivity index (χ4v) is 3.82. The third kappa shape index (κ3) is 3.46. The van der Waals surface area contributed by atoms with Gasteiger partial charge in [-0.2, -0.15) is 0 Å². The number of ether oxygens (including phenoxy) is 1. The van der Waals surface area contributed by atoms with Crippen molar-refractivity contribution in [3.8, 4) is 5.75 Å². The number of nitrogens with one attached hydrogen (secondary N) is 1. The van der Waals surface area contributed by atoms with Crippen molar-refractivity contribution in [2.75, 3.05) is 11.5 Å². The number of hydrogen-bond acceptors (Lipinski definition) is 4. The number of carbonyl (C=O) groups excluding carboxylic acids is 2. The van der Waals surface area contributed by atoms with E-state index < -0.39 is 11.8 Å². The Morgan fingerprint density at radius 1 is 1.00 bits per heavy atom. The summed E-state index contributed by atoms with van der Waals surface area (Å²) in [7, 11) is 0. The highest BCUT2D eigenvalue weighted by atomic mass is 32.1. The van der Waals surface area contributed by atoms with Crippen molar-refractivity contribution in [2.45, 2.75) is 13.8 Å². The molecule has 4 rings (SSSR count). The largest absolute Gasteiger partial charge is 0.493 e. The predicted octanol–water partition coefficient (Wildman–Crippen LogP) is 4.38. The van der Waals surface area contributed by atoms with Crippen LogP contribution in [0.4, 0.5) is 5.69 Å². The molecule has 2 amide bonds. The van der Waals surface area contributed by atoms with E-state index in [0.29, 0.717) is 12.3 Å². The van der Waals surface area contributed by atoms with Crippen molar-refractivity contribution in [3.05, 3.63) is 77.4 Å². The number of amides is 2. The first-order valence-electron chi connectivity index (χ1n) is 9.63. The highest BCUT2D eigenvalue weighted by Gasteiger charge is 2.35. The summed E-state index contributed by atoms with van der Waals surface area (Å²) < 4.78 is 5.72. The van der Waals surface area contributed by atoms with Gasteiger partial charge in [0.25, 0.3) is 11.8 Å². The summed E-state index contributed by atoms with van der Waals surface area (Å²) in [5.74, 6) is -0.193. The van der Waals surface area contributed by atoms with Gasteiger partial charge in [0.05, 0.1) is 12.3 Å². The van der Waals surface area contributed by atoms with E-state index in [0.717, 1.165) is 27.6 Å². The summed E-state index contributed by atoms with van der Waals surface area (Å²) in [4.78, 5) is 27.3. The van der Waals surface area contributed by atoms with Gasteiger partial charge in [0.1, 0.15) is 11.3 Å². The second-order valence-electron chi connectivity index (χ2n) is 6.88. The lowest BCUT2D eigenvalue weighted by Crippen LogP contribution is -2.54. The summed E-state index contributed by atoms with van der Waals surface area (Å²) in [5.41, 5.74) is 2.32. The third-order valence-electron chi connectivity index (χ3n) is 4.98. The lowest BCUT2D eigenvalue weighted by Gasteiger charge is -2.30. The molecule has 0 unspecified atom stereocenters. The van der Waals surface area contributed by atoms with Crippen molar-refractivity contribution in [3.63, 3.8) is 0 Å². The van der Waals surface area contributed by atoms with Crippen LogP contribution in [0, 0.1) is 6.92 Å². The molecule has 1 N–H and O–H groups in total. The molecule has 150 valence electrons. The predicted molar refractivity (Wildman–Crippen MR) is 122 cm³/mol. The standard InChI is InChI=1S/C24H20N2O3S/c1-3-29-21-13-12-16(17-9-5-6-10-18(17)21)14-19-22(27)25-24(30)26(23(19)28)20-11-7-4-8-15(20)2/h4-14H,3H2,1-2H3,(H,25,27,30)/b19-14+. The highest BCUT2D eigenvalue weighted by Crippen LogP contribution is 2.31. The summed E-state index contributed by atoms with van der Waals surface area (Å²) in [5, 5.41) is 4.53. The van der Waals surface area contributed by atoms with Crippen LogP contribution in [0.5, 0.6) is 5.75 Å². The molecule has 5 nitrogen and oxygen atoms in total. The molecule has 1 heterocycles. The van der Waals surface area contributed by atoms with Crippen LogP contribution in [0.2, 0.25) is 0 Å². The zero-order valence-electron chi connectivity index (χ0n) is 16.6. The Labute approximate surface area is 179 Å². The molecule has 0 aliphatic carbocycles. The number of anilines is 1. The van der Waals surface area contributed by atoms with E-state index in [1.54, 1.807) is 12.1 Å². The van der Waals surface area contributed by atoms with Gasteiger partial charge in [0.2, 0.25) is 0 Å². The van der Waals surface area contributed by atoms with Crippen LogP contribution in [0.3, 0.4) is 0 Å². The molecule has 30 heavy (non-hydrogen) atoms. The average molecular weight is 417 g/mol. The molecule has 1 fully saturated rings. The third-order valence-corrected chi connectivity index (χ3v) is 5.26. The van der Waals surface area contributed by atoms with E-state index >= 15 is 0 Å². The van der Waals surface area contributed by atoms with Crippen LogP contribution in [-0.2, 0) is 9.59 Å². The number of rotatable bonds is 4. The topological polar surface area (TPSA) is 58.6 Å². The van der Waals surface area contributed by atoms with E-state index in [-0.39, 0.29) is 10.7 Å². The van der Waals surface area contributed by atoms with E-state index in [1.165, 1.54) is 4.90 Å². The molecular weight excluding hydrogens is 396 g/mol. The Morgan fingerprint density at radius 2 is 1.70 bits per heavy atom. The number of carbonyl (C=O) groups is 2. The zero-order valence-corrected chi connectivity index (χ0v) is 17.5. The van der Waals surface area contributed by atoms with Gasteiger partial charge in [-0.25, -0.2) is 0 Å². The van der Waals surface area contributed by atoms with Crippen molar-refractivity contribution in [1.29, 1.82) is 0 Å². The molecule has 1 aliphatic rings. The molecule has 0 atom stereocenters. The molecule has 1 aliphatic heterocycles. The first-order chi connectivity index (χ1) is 14.5. The molecule has 3 aromatic carbocycles. The number of thiocarbonyl (C=S) groups is 1. The Bertz CT molecular complexity index is 1220. The van der Waals surface area contributed by atoms with E-state index in [1.807, 2.05) is 68.4 Å². The zero-order chi connectivity index (χ0) is 21.3. The second kappa shape index (κ2) is 8.08. The number of aryl methyl sites for hydroxylation is 1. The van der Waals surface area contributed by atoms with Crippen molar-refractivity contribution in [2.24, 2.45) is 0 Å². The fourth-order valence-electron chi connectivity index (χ4n) is 3.55. The van der Waals surface area contributed by atoms with Gasteiger partial charge < -0.3 is 4.74 Å². The van der Waals surface area contributed by atoms with Crippen LogP contribution < -0.4 is 15.0 Å². The number of nitrogens with zero attached hydrogens (tertiary/aromatic N) is 1. The van der Waals surface area contributed by atoms with Gasteiger partial charge in [-0.1, -0.05) is 48.5 Å². The summed E-state index contributed by atoms with van der Waals surface area (Å²) in [6, 6.07) is 18.9. The summed E-state index contributed by atoms with van der Waals surface area (Å²) in [6.45, 7) is 4.37. The molecule has 0 saturated carbocycles. The SMILES string of the molecule is CCOc1ccc(/C=C2\C(=O)NC(=S)N(c3ccccc3C)C2=O)c2ccccc12.